The topological polar surface area (TPSA) is 81.3 Å². The van der Waals surface area contributed by atoms with Gasteiger partial charge in [0.05, 0.1) is 6.07 Å². The molecule has 4 nitrogen and oxygen atoms in total. The van der Waals surface area contributed by atoms with Crippen molar-refractivity contribution in [1.29, 1.82) is 5.26 Å². The maximum absolute atomic E-state index is 9.25. The highest BCUT2D eigenvalue weighted by atomic mass is 16.4. The quantitative estimate of drug-likeness (QED) is 0.404. The summed E-state index contributed by atoms with van der Waals surface area (Å²) in [4.78, 5) is 9.25. The minimum atomic E-state index is -0.981. The van der Waals surface area contributed by atoms with Crippen LogP contribution in [0, 0.1) is 11.3 Å². The van der Waals surface area contributed by atoms with Crippen LogP contribution in [-0.4, -0.2) is 22.3 Å². The molecule has 0 rings (SSSR count). The molecule has 0 saturated carbocycles. The summed E-state index contributed by atoms with van der Waals surface area (Å²) in [5.74, 6) is -0.981. The Balaban J connectivity index is 0. The van der Waals surface area contributed by atoms with E-state index in [1.807, 2.05) is 0 Å². The first kappa shape index (κ1) is 11.5. The van der Waals surface area contributed by atoms with Crippen LogP contribution in [0.1, 0.15) is 6.92 Å². The number of hydrogen-bond donors (Lipinski definition) is 2. The minimum absolute atomic E-state index is 0.810. The Kier molecular flexibility index (Phi) is 8.78. The first-order valence-electron chi connectivity index (χ1n) is 2.47. The molecule has 0 aliphatic carbocycles. The zero-order chi connectivity index (χ0) is 8.57. The number of aliphatic hydroxyl groups excluding tert-OH is 1. The van der Waals surface area contributed by atoms with Gasteiger partial charge in [-0.25, -0.2) is 4.79 Å². The molecule has 4 heteroatoms. The van der Waals surface area contributed by atoms with Crippen molar-refractivity contribution in [3.63, 3.8) is 0 Å². The van der Waals surface area contributed by atoms with Gasteiger partial charge in [-0.3, -0.25) is 0 Å². The molecule has 56 valence electrons. The Morgan fingerprint density at radius 2 is 2.10 bits per heavy atom. The predicted octanol–water partition coefficient (Wildman–Crippen LogP) is 0.148. The molecule has 1 atom stereocenters. The number of hydrogen-bond acceptors (Lipinski definition) is 3. The van der Waals surface area contributed by atoms with E-state index in [0.29, 0.717) is 0 Å². The second-order valence-corrected chi connectivity index (χ2v) is 1.35. The normalized spacial score (nSPS) is 9.70. The monoisotopic (exact) mass is 143 g/mol. The van der Waals surface area contributed by atoms with E-state index in [1.54, 1.807) is 6.07 Å². The zero-order valence-electron chi connectivity index (χ0n) is 5.61. The van der Waals surface area contributed by atoms with Crippen molar-refractivity contribution >= 4 is 5.97 Å². The fourth-order valence-electron chi connectivity index (χ4n) is 0. The SMILES string of the molecule is C=CC(=O)O.CC(O)C#N. The van der Waals surface area contributed by atoms with Crippen LogP contribution in [0.2, 0.25) is 0 Å². The van der Waals surface area contributed by atoms with E-state index in [4.69, 9.17) is 15.5 Å². The van der Waals surface area contributed by atoms with Crippen molar-refractivity contribution in [2.24, 2.45) is 0 Å². The largest absolute Gasteiger partial charge is 0.478 e. The Morgan fingerprint density at radius 3 is 2.10 bits per heavy atom. The van der Waals surface area contributed by atoms with Gasteiger partial charge in [-0.05, 0) is 6.92 Å². The fourth-order valence-corrected chi connectivity index (χ4v) is 0. The van der Waals surface area contributed by atoms with Crippen LogP contribution in [0.5, 0.6) is 0 Å². The molecule has 0 fully saturated rings. The number of carboxylic acids is 1. The summed E-state index contributed by atoms with van der Waals surface area (Å²) < 4.78 is 0. The van der Waals surface area contributed by atoms with Crippen LogP contribution >= 0.6 is 0 Å². The first-order chi connectivity index (χ1) is 4.54. The molecule has 0 aliphatic rings. The van der Waals surface area contributed by atoms with E-state index in [1.165, 1.54) is 6.92 Å². The molecule has 0 saturated heterocycles. The van der Waals surface area contributed by atoms with Crippen LogP contribution in [0.15, 0.2) is 12.7 Å². The van der Waals surface area contributed by atoms with Crippen molar-refractivity contribution in [2.45, 2.75) is 13.0 Å². The van der Waals surface area contributed by atoms with Gasteiger partial charge < -0.3 is 10.2 Å². The van der Waals surface area contributed by atoms with Gasteiger partial charge in [-0.15, -0.1) is 0 Å². The summed E-state index contributed by atoms with van der Waals surface area (Å²) in [6, 6.07) is 1.58. The molecule has 0 aromatic carbocycles. The summed E-state index contributed by atoms with van der Waals surface area (Å²) >= 11 is 0. The van der Waals surface area contributed by atoms with Crippen molar-refractivity contribution in [2.75, 3.05) is 0 Å². The fraction of sp³-hybridized carbons (Fsp3) is 0.333. The Morgan fingerprint density at radius 1 is 1.90 bits per heavy atom. The molecule has 0 amide bonds. The molecule has 1 unspecified atom stereocenters. The molecule has 2 N–H and O–H groups in total. The van der Waals surface area contributed by atoms with Gasteiger partial charge in [0.15, 0.2) is 0 Å². The van der Waals surface area contributed by atoms with Crippen molar-refractivity contribution in [1.82, 2.24) is 0 Å². The van der Waals surface area contributed by atoms with Crippen LogP contribution < -0.4 is 0 Å². The number of carbonyl (C=O) groups is 1. The third kappa shape index (κ3) is 30.2. The molecule has 10 heavy (non-hydrogen) atoms. The maximum atomic E-state index is 9.25. The van der Waals surface area contributed by atoms with Gasteiger partial charge in [0, 0.05) is 6.08 Å². The van der Waals surface area contributed by atoms with Gasteiger partial charge in [0.1, 0.15) is 6.10 Å². The van der Waals surface area contributed by atoms with E-state index >= 15 is 0 Å². The summed E-state index contributed by atoms with van der Waals surface area (Å²) in [6.07, 6.45) is 0.0231. The van der Waals surface area contributed by atoms with Gasteiger partial charge in [0.2, 0.25) is 0 Å². The molecule has 0 spiro atoms. The lowest BCUT2D eigenvalue weighted by Gasteiger charge is -1.76. The lowest BCUT2D eigenvalue weighted by Crippen LogP contribution is -1.90. The van der Waals surface area contributed by atoms with E-state index in [9.17, 15) is 4.79 Å². The van der Waals surface area contributed by atoms with E-state index in [0.717, 1.165) is 6.08 Å². The molecular weight excluding hydrogens is 134 g/mol. The number of nitriles is 1. The van der Waals surface area contributed by atoms with Crippen LogP contribution in [0.25, 0.3) is 0 Å². The zero-order valence-corrected chi connectivity index (χ0v) is 5.61. The predicted molar refractivity (Wildman–Crippen MR) is 35.1 cm³/mol. The highest BCUT2D eigenvalue weighted by Gasteiger charge is 1.80. The summed E-state index contributed by atoms with van der Waals surface area (Å²) in [5, 5.41) is 23.2. The molecule has 0 radical (unpaired) electrons. The van der Waals surface area contributed by atoms with Crippen molar-refractivity contribution in [3.05, 3.63) is 12.7 Å². The third-order valence-corrected chi connectivity index (χ3v) is 0.361. The summed E-state index contributed by atoms with van der Waals surface area (Å²) in [5.41, 5.74) is 0. The van der Waals surface area contributed by atoms with Gasteiger partial charge >= 0.3 is 5.97 Å². The van der Waals surface area contributed by atoms with Gasteiger partial charge in [0.25, 0.3) is 0 Å². The first-order valence-corrected chi connectivity index (χ1v) is 2.47. The van der Waals surface area contributed by atoms with Gasteiger partial charge in [-0.1, -0.05) is 6.58 Å². The molecule has 0 aromatic rings. The number of aliphatic carboxylic acids is 1. The molecule has 0 heterocycles. The van der Waals surface area contributed by atoms with E-state index < -0.39 is 12.1 Å². The summed E-state index contributed by atoms with van der Waals surface area (Å²) in [6.45, 7) is 4.38. The maximum Gasteiger partial charge on any atom is 0.327 e. The molecule has 0 aliphatic heterocycles. The van der Waals surface area contributed by atoms with Gasteiger partial charge in [-0.2, -0.15) is 5.26 Å². The highest BCUT2D eigenvalue weighted by Crippen LogP contribution is 1.66. The number of aliphatic hydroxyl groups is 1. The third-order valence-electron chi connectivity index (χ3n) is 0.361. The van der Waals surface area contributed by atoms with E-state index in [2.05, 4.69) is 6.58 Å². The van der Waals surface area contributed by atoms with Crippen LogP contribution in [0.4, 0.5) is 0 Å². The Hall–Kier alpha value is -1.34. The second-order valence-electron chi connectivity index (χ2n) is 1.35. The minimum Gasteiger partial charge on any atom is -0.478 e. The van der Waals surface area contributed by atoms with E-state index in [-0.39, 0.29) is 0 Å². The number of nitrogens with zero attached hydrogens (tertiary/aromatic N) is 1. The van der Waals surface area contributed by atoms with Crippen LogP contribution in [-0.2, 0) is 4.79 Å². The lowest BCUT2D eigenvalue weighted by atomic mass is 10.5. The highest BCUT2D eigenvalue weighted by molar-refractivity contribution is 5.78. The van der Waals surface area contributed by atoms with Crippen LogP contribution in [0.3, 0.4) is 0 Å². The number of rotatable bonds is 1. The van der Waals surface area contributed by atoms with Crippen molar-refractivity contribution < 1.29 is 15.0 Å². The summed E-state index contributed by atoms with van der Waals surface area (Å²) in [7, 11) is 0. The molecule has 0 aromatic heterocycles. The Bertz CT molecular complexity index is 146. The Labute approximate surface area is 59.0 Å². The average molecular weight is 143 g/mol. The number of carboxylic acid groups (broad SMARTS) is 1. The molecule has 0 bridgehead atoms. The average Bonchev–Trinajstić information content (AvgIpc) is 1.89. The second kappa shape index (κ2) is 7.66. The standard InChI is InChI=1S/C3H5NO.C3H4O2/c1-3(5)2-4;1-2-3(4)5/h3,5H,1H3;2H,1H2,(H,4,5). The molecular formula is C6H9NO3. The smallest absolute Gasteiger partial charge is 0.327 e. The lowest BCUT2D eigenvalue weighted by molar-refractivity contribution is -0.131. The van der Waals surface area contributed by atoms with Crippen molar-refractivity contribution in [3.8, 4) is 6.07 Å².